The van der Waals surface area contributed by atoms with Crippen LogP contribution in [0.15, 0.2) is 60.7 Å². The molecule has 0 fully saturated rings. The molecule has 24 heavy (non-hydrogen) atoms. The molecular formula is C18H17N3O3. The normalized spacial score (nSPS) is 12.1. The standard InChI is InChI=1S/C18H17N3O3/c1-12(2)18(23)24-17(22)11-13-7-9-14(10-8-13)21-19-15-5-3-4-6-16(15)20-21/h3-10,17,22H,1,11H2,2H3. The molecular weight excluding hydrogens is 306 g/mol. The van der Waals surface area contributed by atoms with Gasteiger partial charge in [-0.05, 0) is 36.8 Å². The number of benzene rings is 2. The van der Waals surface area contributed by atoms with Gasteiger partial charge >= 0.3 is 5.97 Å². The number of hydrogen-bond donors (Lipinski definition) is 1. The molecule has 0 amide bonds. The first-order valence-electron chi connectivity index (χ1n) is 7.49. The lowest BCUT2D eigenvalue weighted by Crippen LogP contribution is -2.20. The fourth-order valence-electron chi connectivity index (χ4n) is 2.21. The van der Waals surface area contributed by atoms with E-state index in [1.165, 1.54) is 6.92 Å². The number of aliphatic hydroxyl groups is 1. The SMILES string of the molecule is C=C(C)C(=O)OC(O)Cc1ccc(-n2nc3ccccc3n2)cc1. The van der Waals surface area contributed by atoms with E-state index >= 15 is 0 Å². The highest BCUT2D eigenvalue weighted by Gasteiger charge is 2.12. The predicted octanol–water partition coefficient (Wildman–Crippen LogP) is 2.40. The van der Waals surface area contributed by atoms with Crippen molar-refractivity contribution in [2.24, 2.45) is 0 Å². The third kappa shape index (κ3) is 3.49. The maximum absolute atomic E-state index is 11.4. The summed E-state index contributed by atoms with van der Waals surface area (Å²) < 4.78 is 4.86. The van der Waals surface area contributed by atoms with Crippen LogP contribution in [0.4, 0.5) is 0 Å². The lowest BCUT2D eigenvalue weighted by Gasteiger charge is -2.12. The summed E-state index contributed by atoms with van der Waals surface area (Å²) in [5, 5.41) is 18.6. The summed E-state index contributed by atoms with van der Waals surface area (Å²) in [5.41, 5.74) is 3.54. The minimum atomic E-state index is -1.20. The molecule has 0 saturated heterocycles. The maximum atomic E-state index is 11.4. The molecule has 0 aliphatic carbocycles. The van der Waals surface area contributed by atoms with Gasteiger partial charge in [0.25, 0.3) is 0 Å². The summed E-state index contributed by atoms with van der Waals surface area (Å²) in [7, 11) is 0. The number of aliphatic hydroxyl groups excluding tert-OH is 1. The summed E-state index contributed by atoms with van der Waals surface area (Å²) in [6.07, 6.45) is -1.00. The molecule has 6 nitrogen and oxygen atoms in total. The molecule has 0 saturated carbocycles. The Labute approximate surface area is 139 Å². The summed E-state index contributed by atoms with van der Waals surface area (Å²) >= 11 is 0. The molecule has 2 aromatic carbocycles. The van der Waals surface area contributed by atoms with E-state index in [1.807, 2.05) is 48.5 Å². The molecule has 3 aromatic rings. The van der Waals surface area contributed by atoms with Crippen molar-refractivity contribution in [3.63, 3.8) is 0 Å². The molecule has 1 atom stereocenters. The summed E-state index contributed by atoms with van der Waals surface area (Å²) in [6, 6.07) is 15.0. The first kappa shape index (κ1) is 15.9. The number of aromatic nitrogens is 3. The molecule has 1 unspecified atom stereocenters. The average Bonchev–Trinajstić information content (AvgIpc) is 2.99. The Kier molecular flexibility index (Phi) is 4.39. The summed E-state index contributed by atoms with van der Waals surface area (Å²) in [6.45, 7) is 5.01. The van der Waals surface area contributed by atoms with Crippen LogP contribution in [-0.2, 0) is 16.0 Å². The van der Waals surface area contributed by atoms with Gasteiger partial charge in [0.1, 0.15) is 11.0 Å². The lowest BCUT2D eigenvalue weighted by molar-refractivity contribution is -0.162. The highest BCUT2D eigenvalue weighted by molar-refractivity contribution is 5.87. The largest absolute Gasteiger partial charge is 0.432 e. The van der Waals surface area contributed by atoms with Gasteiger partial charge in [-0.3, -0.25) is 0 Å². The lowest BCUT2D eigenvalue weighted by atomic mass is 10.1. The second-order valence-corrected chi connectivity index (χ2v) is 5.49. The highest BCUT2D eigenvalue weighted by atomic mass is 16.6. The Morgan fingerprint density at radius 2 is 1.75 bits per heavy atom. The molecule has 122 valence electrons. The fraction of sp³-hybridized carbons (Fsp3) is 0.167. The molecule has 1 heterocycles. The topological polar surface area (TPSA) is 77.2 Å². The van der Waals surface area contributed by atoms with Crippen molar-refractivity contribution in [2.75, 3.05) is 0 Å². The van der Waals surface area contributed by atoms with E-state index in [9.17, 15) is 9.90 Å². The number of ether oxygens (including phenoxy) is 1. The fourth-order valence-corrected chi connectivity index (χ4v) is 2.21. The molecule has 6 heteroatoms. The Morgan fingerprint density at radius 1 is 1.17 bits per heavy atom. The zero-order valence-corrected chi connectivity index (χ0v) is 13.2. The van der Waals surface area contributed by atoms with E-state index in [1.54, 1.807) is 4.80 Å². The van der Waals surface area contributed by atoms with Gasteiger partial charge in [-0.15, -0.1) is 10.2 Å². The Hall–Kier alpha value is -2.99. The first-order valence-corrected chi connectivity index (χ1v) is 7.49. The maximum Gasteiger partial charge on any atom is 0.335 e. The van der Waals surface area contributed by atoms with Crippen LogP contribution in [0.2, 0.25) is 0 Å². The number of esters is 1. The van der Waals surface area contributed by atoms with Crippen LogP contribution in [0.1, 0.15) is 12.5 Å². The van der Waals surface area contributed by atoms with E-state index in [0.29, 0.717) is 0 Å². The van der Waals surface area contributed by atoms with Gasteiger partial charge in [0.2, 0.25) is 6.29 Å². The number of carbonyl (C=O) groups excluding carboxylic acids is 1. The van der Waals surface area contributed by atoms with Gasteiger partial charge in [-0.1, -0.05) is 30.8 Å². The van der Waals surface area contributed by atoms with Crippen molar-refractivity contribution in [2.45, 2.75) is 19.6 Å². The van der Waals surface area contributed by atoms with Crippen LogP contribution in [0.25, 0.3) is 16.7 Å². The van der Waals surface area contributed by atoms with Gasteiger partial charge in [-0.2, -0.15) is 4.80 Å². The van der Waals surface area contributed by atoms with Crippen molar-refractivity contribution >= 4 is 17.0 Å². The van der Waals surface area contributed by atoms with Crippen LogP contribution in [-0.4, -0.2) is 32.4 Å². The molecule has 0 bridgehead atoms. The quantitative estimate of drug-likeness (QED) is 0.443. The van der Waals surface area contributed by atoms with Gasteiger partial charge < -0.3 is 9.84 Å². The van der Waals surface area contributed by atoms with Crippen molar-refractivity contribution in [3.8, 4) is 5.69 Å². The summed E-state index contributed by atoms with van der Waals surface area (Å²) in [4.78, 5) is 12.9. The van der Waals surface area contributed by atoms with E-state index in [0.717, 1.165) is 22.3 Å². The van der Waals surface area contributed by atoms with Crippen molar-refractivity contribution in [1.82, 2.24) is 15.0 Å². The molecule has 1 aromatic heterocycles. The molecule has 3 rings (SSSR count). The van der Waals surface area contributed by atoms with Crippen molar-refractivity contribution < 1.29 is 14.6 Å². The van der Waals surface area contributed by atoms with Gasteiger partial charge in [0, 0.05) is 12.0 Å². The van der Waals surface area contributed by atoms with E-state index in [-0.39, 0.29) is 12.0 Å². The predicted molar refractivity (Wildman–Crippen MR) is 89.5 cm³/mol. The molecule has 0 spiro atoms. The molecule has 1 N–H and O–H groups in total. The van der Waals surface area contributed by atoms with Crippen LogP contribution in [0.3, 0.4) is 0 Å². The zero-order chi connectivity index (χ0) is 17.1. The van der Waals surface area contributed by atoms with Gasteiger partial charge in [0.15, 0.2) is 0 Å². The molecule has 0 aliphatic heterocycles. The number of nitrogens with zero attached hydrogens (tertiary/aromatic N) is 3. The minimum Gasteiger partial charge on any atom is -0.432 e. The second-order valence-electron chi connectivity index (χ2n) is 5.49. The van der Waals surface area contributed by atoms with Crippen LogP contribution in [0, 0.1) is 0 Å². The Morgan fingerprint density at radius 3 is 2.29 bits per heavy atom. The first-order chi connectivity index (χ1) is 11.5. The van der Waals surface area contributed by atoms with Crippen molar-refractivity contribution in [1.29, 1.82) is 0 Å². The van der Waals surface area contributed by atoms with Crippen LogP contribution in [0.5, 0.6) is 0 Å². The Balaban J connectivity index is 1.71. The van der Waals surface area contributed by atoms with E-state index in [4.69, 9.17) is 4.74 Å². The monoisotopic (exact) mass is 323 g/mol. The number of rotatable bonds is 5. The molecule has 0 aliphatic rings. The highest BCUT2D eigenvalue weighted by Crippen LogP contribution is 2.14. The average molecular weight is 323 g/mol. The van der Waals surface area contributed by atoms with Crippen LogP contribution >= 0.6 is 0 Å². The second kappa shape index (κ2) is 6.64. The Bertz CT molecular complexity index is 851. The van der Waals surface area contributed by atoms with E-state index in [2.05, 4.69) is 16.8 Å². The third-order valence-corrected chi connectivity index (χ3v) is 3.46. The number of fused-ring (bicyclic) bond motifs is 1. The zero-order valence-electron chi connectivity index (χ0n) is 13.2. The van der Waals surface area contributed by atoms with Gasteiger partial charge in [-0.25, -0.2) is 4.79 Å². The minimum absolute atomic E-state index is 0.202. The summed E-state index contributed by atoms with van der Waals surface area (Å²) in [5.74, 6) is -0.605. The van der Waals surface area contributed by atoms with E-state index < -0.39 is 12.3 Å². The smallest absolute Gasteiger partial charge is 0.335 e. The number of hydrogen-bond acceptors (Lipinski definition) is 5. The van der Waals surface area contributed by atoms with Crippen LogP contribution < -0.4 is 0 Å². The molecule has 0 radical (unpaired) electrons. The third-order valence-electron chi connectivity index (χ3n) is 3.46. The number of carbonyl (C=O) groups is 1. The van der Waals surface area contributed by atoms with Gasteiger partial charge in [0.05, 0.1) is 5.69 Å². The van der Waals surface area contributed by atoms with Crippen molar-refractivity contribution in [3.05, 3.63) is 66.2 Å².